The Labute approximate surface area is 152 Å². The predicted molar refractivity (Wildman–Crippen MR) is 85.9 cm³/mol. The number of benzene rings is 1. The van der Waals surface area contributed by atoms with E-state index >= 15 is 0 Å². The van der Waals surface area contributed by atoms with Crippen molar-refractivity contribution in [1.82, 2.24) is 5.32 Å². The molecule has 0 radical (unpaired) electrons. The Balaban J connectivity index is 1.66. The fourth-order valence-corrected chi connectivity index (χ4v) is 3.10. The summed E-state index contributed by atoms with van der Waals surface area (Å²) in [4.78, 5) is 24.2. The second-order valence-corrected chi connectivity index (χ2v) is 6.68. The number of carbonyl (C=O) groups excluding carboxylic acids is 2. The molecule has 1 aromatic carbocycles. The standard InChI is InChI=1S/C17H18F3N3O4/c1-15(14(25)26-2)9-12(7-8-27-15)21-13(24)10-3-5-11(6-4-10)16(22-23-16)17(18,19)20/h3-6,12H,7-9H2,1-2H3,(H,21,24). The van der Waals surface area contributed by atoms with E-state index < -0.39 is 29.3 Å². The molecule has 1 N–H and O–H groups in total. The monoisotopic (exact) mass is 385 g/mol. The topological polar surface area (TPSA) is 89.3 Å². The van der Waals surface area contributed by atoms with E-state index in [0.29, 0.717) is 6.42 Å². The van der Waals surface area contributed by atoms with Crippen LogP contribution in [-0.4, -0.2) is 43.4 Å². The lowest BCUT2D eigenvalue weighted by molar-refractivity contribution is -0.174. The van der Waals surface area contributed by atoms with Crippen LogP contribution in [0.5, 0.6) is 0 Å². The summed E-state index contributed by atoms with van der Waals surface area (Å²) < 4.78 is 49.2. The van der Waals surface area contributed by atoms with E-state index in [1.165, 1.54) is 31.4 Å². The minimum Gasteiger partial charge on any atom is -0.467 e. The van der Waals surface area contributed by atoms with E-state index in [2.05, 4.69) is 15.5 Å². The fourth-order valence-electron chi connectivity index (χ4n) is 3.10. The molecule has 1 aromatic rings. The molecule has 0 spiro atoms. The highest BCUT2D eigenvalue weighted by Crippen LogP contribution is 2.52. The predicted octanol–water partition coefficient (Wildman–Crippen LogP) is 2.71. The molecule has 146 valence electrons. The second-order valence-electron chi connectivity index (χ2n) is 6.68. The van der Waals surface area contributed by atoms with Gasteiger partial charge in [-0.25, -0.2) is 4.79 Å². The average Bonchev–Trinajstić information content (AvgIpc) is 3.43. The number of amides is 1. The number of hydrogen-bond donors (Lipinski definition) is 1. The van der Waals surface area contributed by atoms with Gasteiger partial charge in [-0.05, 0) is 25.5 Å². The Morgan fingerprint density at radius 1 is 1.26 bits per heavy atom. The number of ether oxygens (including phenoxy) is 2. The number of carbonyl (C=O) groups is 2. The quantitative estimate of drug-likeness (QED) is 0.807. The lowest BCUT2D eigenvalue weighted by atomic mass is 9.92. The summed E-state index contributed by atoms with van der Waals surface area (Å²) in [5.41, 5.74) is -3.60. The molecule has 2 aliphatic heterocycles. The molecular weight excluding hydrogens is 367 g/mol. The molecule has 1 amide bonds. The van der Waals surface area contributed by atoms with Gasteiger partial charge in [0.25, 0.3) is 5.91 Å². The van der Waals surface area contributed by atoms with Gasteiger partial charge in [-0.3, -0.25) is 4.79 Å². The van der Waals surface area contributed by atoms with E-state index in [0.717, 1.165) is 0 Å². The average molecular weight is 385 g/mol. The van der Waals surface area contributed by atoms with Gasteiger partial charge in [0.2, 0.25) is 0 Å². The lowest BCUT2D eigenvalue weighted by Gasteiger charge is -2.36. The first kappa shape index (κ1) is 19.3. The maximum Gasteiger partial charge on any atom is 0.442 e. The molecule has 2 aliphatic rings. The molecule has 1 fully saturated rings. The van der Waals surface area contributed by atoms with Crippen LogP contribution in [0.2, 0.25) is 0 Å². The van der Waals surface area contributed by atoms with Gasteiger partial charge in [0.1, 0.15) is 0 Å². The zero-order chi connectivity index (χ0) is 19.9. The summed E-state index contributed by atoms with van der Waals surface area (Å²) in [6, 6.07) is 4.63. The minimum absolute atomic E-state index is 0.143. The van der Waals surface area contributed by atoms with Crippen molar-refractivity contribution in [3.63, 3.8) is 0 Å². The van der Waals surface area contributed by atoms with E-state index in [1.54, 1.807) is 6.92 Å². The van der Waals surface area contributed by atoms with Crippen LogP contribution in [0.15, 0.2) is 34.5 Å². The smallest absolute Gasteiger partial charge is 0.442 e. The van der Waals surface area contributed by atoms with E-state index in [1.807, 2.05) is 0 Å². The summed E-state index contributed by atoms with van der Waals surface area (Å²) in [5.74, 6) is -0.980. The van der Waals surface area contributed by atoms with Gasteiger partial charge in [-0.2, -0.15) is 13.2 Å². The van der Waals surface area contributed by atoms with Crippen molar-refractivity contribution in [3.05, 3.63) is 35.4 Å². The Morgan fingerprint density at radius 3 is 2.41 bits per heavy atom. The normalized spacial score (nSPS) is 26.3. The molecule has 3 rings (SSSR count). The molecule has 10 heteroatoms. The van der Waals surface area contributed by atoms with Crippen LogP contribution >= 0.6 is 0 Å². The van der Waals surface area contributed by atoms with Crippen molar-refractivity contribution >= 4 is 11.9 Å². The molecule has 0 bridgehead atoms. The largest absolute Gasteiger partial charge is 0.467 e. The number of nitrogens with zero attached hydrogens (tertiary/aromatic N) is 2. The van der Waals surface area contributed by atoms with Gasteiger partial charge >= 0.3 is 17.8 Å². The zero-order valence-corrected chi connectivity index (χ0v) is 14.7. The fraction of sp³-hybridized carbons (Fsp3) is 0.529. The molecule has 1 saturated heterocycles. The molecule has 2 atom stereocenters. The van der Waals surface area contributed by atoms with Crippen LogP contribution < -0.4 is 5.32 Å². The van der Waals surface area contributed by atoms with Crippen molar-refractivity contribution in [2.45, 2.75) is 43.2 Å². The maximum atomic E-state index is 13.0. The first-order valence-electron chi connectivity index (χ1n) is 8.26. The number of alkyl halides is 3. The van der Waals surface area contributed by atoms with Crippen molar-refractivity contribution in [2.75, 3.05) is 13.7 Å². The Morgan fingerprint density at radius 2 is 1.89 bits per heavy atom. The summed E-state index contributed by atoms with van der Waals surface area (Å²) in [7, 11) is 1.26. The SMILES string of the molecule is COC(=O)C1(C)CC(NC(=O)c2ccc(C3(C(F)(F)F)N=N3)cc2)CCO1. The van der Waals surface area contributed by atoms with Crippen molar-refractivity contribution < 1.29 is 32.2 Å². The Bertz CT molecular complexity index is 773. The molecule has 0 aliphatic carbocycles. The number of halogens is 3. The van der Waals surface area contributed by atoms with Crippen LogP contribution in [0.1, 0.15) is 35.7 Å². The summed E-state index contributed by atoms with van der Waals surface area (Å²) in [6.45, 7) is 1.86. The third-order valence-corrected chi connectivity index (χ3v) is 4.72. The van der Waals surface area contributed by atoms with Crippen LogP contribution in [0.4, 0.5) is 13.2 Å². The molecular formula is C17H18F3N3O4. The highest BCUT2D eigenvalue weighted by Gasteiger charge is 2.65. The van der Waals surface area contributed by atoms with Crippen LogP contribution in [0.25, 0.3) is 0 Å². The summed E-state index contributed by atoms with van der Waals surface area (Å²) in [6.07, 6.45) is -3.87. The zero-order valence-electron chi connectivity index (χ0n) is 14.7. The Kier molecular flexibility index (Phi) is 4.71. The van der Waals surface area contributed by atoms with Crippen molar-refractivity contribution in [2.24, 2.45) is 10.2 Å². The van der Waals surface area contributed by atoms with Crippen LogP contribution in [0.3, 0.4) is 0 Å². The molecule has 0 saturated carbocycles. The highest BCUT2D eigenvalue weighted by atomic mass is 19.4. The van der Waals surface area contributed by atoms with Crippen molar-refractivity contribution in [3.8, 4) is 0 Å². The summed E-state index contributed by atoms with van der Waals surface area (Å²) in [5, 5.41) is 9.03. The number of esters is 1. The van der Waals surface area contributed by atoms with Gasteiger partial charge in [0.05, 0.1) is 13.7 Å². The van der Waals surface area contributed by atoms with Gasteiger partial charge < -0.3 is 14.8 Å². The number of rotatable bonds is 4. The van der Waals surface area contributed by atoms with E-state index in [4.69, 9.17) is 9.47 Å². The molecule has 7 nitrogen and oxygen atoms in total. The summed E-state index contributed by atoms with van der Waals surface area (Å²) >= 11 is 0. The van der Waals surface area contributed by atoms with Gasteiger partial charge in [0, 0.05) is 23.6 Å². The first-order chi connectivity index (χ1) is 12.6. The third-order valence-electron chi connectivity index (χ3n) is 4.72. The van der Waals surface area contributed by atoms with Crippen LogP contribution in [0, 0.1) is 0 Å². The lowest BCUT2D eigenvalue weighted by Crippen LogP contribution is -2.51. The second kappa shape index (κ2) is 6.59. The van der Waals surface area contributed by atoms with Gasteiger partial charge in [0.15, 0.2) is 5.60 Å². The van der Waals surface area contributed by atoms with Crippen molar-refractivity contribution in [1.29, 1.82) is 0 Å². The molecule has 2 heterocycles. The van der Waals surface area contributed by atoms with E-state index in [-0.39, 0.29) is 30.2 Å². The number of hydrogen-bond acceptors (Lipinski definition) is 6. The number of methoxy groups -OCH3 is 1. The maximum absolute atomic E-state index is 13.0. The highest BCUT2D eigenvalue weighted by molar-refractivity contribution is 5.94. The molecule has 27 heavy (non-hydrogen) atoms. The van der Waals surface area contributed by atoms with Gasteiger partial charge in [-0.15, -0.1) is 10.2 Å². The Hall–Kier alpha value is -2.49. The first-order valence-corrected chi connectivity index (χ1v) is 8.26. The minimum atomic E-state index is -4.61. The van der Waals surface area contributed by atoms with Gasteiger partial charge in [-0.1, -0.05) is 12.1 Å². The van der Waals surface area contributed by atoms with E-state index in [9.17, 15) is 22.8 Å². The molecule has 0 aromatic heterocycles. The van der Waals surface area contributed by atoms with Crippen LogP contribution in [-0.2, 0) is 19.9 Å². The molecule has 2 unspecified atom stereocenters. The number of nitrogens with one attached hydrogen (secondary N) is 1. The third kappa shape index (κ3) is 3.53.